The number of nitrogens with one attached hydrogen (secondary N) is 1. The molecule has 2 nitrogen and oxygen atoms in total. The highest BCUT2D eigenvalue weighted by molar-refractivity contribution is 5.20. The van der Waals surface area contributed by atoms with E-state index in [1.807, 2.05) is 6.92 Å². The first-order valence-electron chi connectivity index (χ1n) is 7.33. The number of rotatable bonds is 5. The molecule has 1 aromatic carbocycles. The molecule has 0 spiro atoms. The number of hydrogen-bond donors (Lipinski definition) is 1. The van der Waals surface area contributed by atoms with Gasteiger partial charge < -0.3 is 10.1 Å². The van der Waals surface area contributed by atoms with E-state index in [4.69, 9.17) is 4.74 Å². The van der Waals surface area contributed by atoms with Gasteiger partial charge in [0.1, 0.15) is 11.6 Å². The lowest BCUT2D eigenvalue weighted by Crippen LogP contribution is -2.47. The van der Waals surface area contributed by atoms with Gasteiger partial charge in [0.05, 0.1) is 6.10 Å². The van der Waals surface area contributed by atoms with Gasteiger partial charge in [0.25, 0.3) is 0 Å². The minimum Gasteiger partial charge on any atom is -0.380 e. The fraction of sp³-hybridized carbons (Fsp3) is 0.625. The average Bonchev–Trinajstić information content (AvgIpc) is 2.44. The molecule has 1 fully saturated rings. The number of halogens is 2. The highest BCUT2D eigenvalue weighted by atomic mass is 19.1. The lowest BCUT2D eigenvalue weighted by Gasteiger charge is -2.33. The molecule has 20 heavy (non-hydrogen) atoms. The van der Waals surface area contributed by atoms with Crippen molar-refractivity contribution in [2.45, 2.75) is 57.2 Å². The van der Waals surface area contributed by atoms with Crippen LogP contribution in [0.3, 0.4) is 0 Å². The highest BCUT2D eigenvalue weighted by Gasteiger charge is 2.26. The van der Waals surface area contributed by atoms with Gasteiger partial charge in [-0.2, -0.15) is 0 Å². The second kappa shape index (κ2) is 7.14. The van der Waals surface area contributed by atoms with Gasteiger partial charge in [-0.15, -0.1) is 0 Å². The van der Waals surface area contributed by atoms with Gasteiger partial charge in [-0.05, 0) is 38.3 Å². The zero-order valence-corrected chi connectivity index (χ0v) is 12.2. The summed E-state index contributed by atoms with van der Waals surface area (Å²) < 4.78 is 32.8. The molecule has 1 aromatic rings. The summed E-state index contributed by atoms with van der Waals surface area (Å²) in [5, 5.41) is 3.46. The van der Waals surface area contributed by atoms with Crippen molar-refractivity contribution in [3.63, 3.8) is 0 Å². The summed E-state index contributed by atoms with van der Waals surface area (Å²) in [5.41, 5.74) is 0.164. The van der Waals surface area contributed by atoms with E-state index in [9.17, 15) is 8.78 Å². The third-order valence-electron chi connectivity index (χ3n) is 4.08. The van der Waals surface area contributed by atoms with Crippen LogP contribution in [0.5, 0.6) is 0 Å². The van der Waals surface area contributed by atoms with Crippen LogP contribution in [0.2, 0.25) is 0 Å². The van der Waals surface area contributed by atoms with E-state index in [-0.39, 0.29) is 23.8 Å². The van der Waals surface area contributed by atoms with Gasteiger partial charge >= 0.3 is 0 Å². The SMILES string of the molecule is COC1CCCCC1NC(C)Cc1c(F)cccc1F. The van der Waals surface area contributed by atoms with Gasteiger partial charge in [0.15, 0.2) is 0 Å². The molecule has 1 aliphatic rings. The quantitative estimate of drug-likeness (QED) is 0.893. The van der Waals surface area contributed by atoms with Crippen LogP contribution in [0.4, 0.5) is 8.78 Å². The van der Waals surface area contributed by atoms with Crippen molar-refractivity contribution in [2.24, 2.45) is 0 Å². The first-order chi connectivity index (χ1) is 9.61. The lowest BCUT2D eigenvalue weighted by atomic mass is 9.91. The topological polar surface area (TPSA) is 21.3 Å². The molecule has 4 heteroatoms. The smallest absolute Gasteiger partial charge is 0.129 e. The maximum atomic E-state index is 13.6. The van der Waals surface area contributed by atoms with Crippen molar-refractivity contribution in [1.82, 2.24) is 5.32 Å². The molecule has 2 rings (SSSR count). The molecular formula is C16H23F2NO. The Hall–Kier alpha value is -1.00. The first-order valence-corrected chi connectivity index (χ1v) is 7.33. The predicted octanol–water partition coefficient (Wildman–Crippen LogP) is 3.44. The summed E-state index contributed by atoms with van der Waals surface area (Å²) in [7, 11) is 1.73. The molecule has 0 aliphatic heterocycles. The van der Waals surface area contributed by atoms with Crippen molar-refractivity contribution < 1.29 is 13.5 Å². The van der Waals surface area contributed by atoms with Crippen molar-refractivity contribution >= 4 is 0 Å². The molecule has 0 amide bonds. The Bertz CT molecular complexity index is 418. The molecule has 3 unspecified atom stereocenters. The van der Waals surface area contributed by atoms with E-state index in [0.717, 1.165) is 12.8 Å². The molecule has 0 saturated heterocycles. The van der Waals surface area contributed by atoms with Crippen LogP contribution < -0.4 is 5.32 Å². The summed E-state index contributed by atoms with van der Waals surface area (Å²) >= 11 is 0. The molecule has 0 heterocycles. The van der Waals surface area contributed by atoms with E-state index < -0.39 is 11.6 Å². The maximum absolute atomic E-state index is 13.6. The van der Waals surface area contributed by atoms with Crippen LogP contribution in [0, 0.1) is 11.6 Å². The molecule has 112 valence electrons. The number of ether oxygens (including phenoxy) is 1. The normalized spacial score (nSPS) is 24.6. The largest absolute Gasteiger partial charge is 0.380 e. The summed E-state index contributed by atoms with van der Waals surface area (Å²) in [5.74, 6) is -0.934. The average molecular weight is 283 g/mol. The van der Waals surface area contributed by atoms with E-state index in [1.165, 1.54) is 31.0 Å². The summed E-state index contributed by atoms with van der Waals surface area (Å²) in [6.45, 7) is 1.97. The zero-order chi connectivity index (χ0) is 14.5. The third kappa shape index (κ3) is 3.76. The van der Waals surface area contributed by atoms with Gasteiger partial charge in [-0.3, -0.25) is 0 Å². The Morgan fingerprint density at radius 3 is 2.55 bits per heavy atom. The van der Waals surface area contributed by atoms with Crippen molar-refractivity contribution in [1.29, 1.82) is 0 Å². The molecule has 3 atom stereocenters. The lowest BCUT2D eigenvalue weighted by molar-refractivity contribution is 0.0384. The van der Waals surface area contributed by atoms with E-state index >= 15 is 0 Å². The predicted molar refractivity (Wildman–Crippen MR) is 75.7 cm³/mol. The maximum Gasteiger partial charge on any atom is 0.129 e. The van der Waals surface area contributed by atoms with Crippen LogP contribution >= 0.6 is 0 Å². The monoisotopic (exact) mass is 283 g/mol. The van der Waals surface area contributed by atoms with Crippen molar-refractivity contribution in [3.05, 3.63) is 35.4 Å². The minimum atomic E-state index is -0.467. The minimum absolute atomic E-state index is 0.0159. The Balaban J connectivity index is 1.96. The molecule has 1 aliphatic carbocycles. The Labute approximate surface area is 119 Å². The molecule has 0 aromatic heterocycles. The van der Waals surface area contributed by atoms with Gasteiger partial charge in [-0.1, -0.05) is 18.9 Å². The van der Waals surface area contributed by atoms with Gasteiger partial charge in [-0.25, -0.2) is 8.78 Å². The van der Waals surface area contributed by atoms with Crippen LogP contribution in [-0.2, 0) is 11.2 Å². The zero-order valence-electron chi connectivity index (χ0n) is 12.2. The van der Waals surface area contributed by atoms with Gasteiger partial charge in [0, 0.05) is 24.8 Å². The van der Waals surface area contributed by atoms with Crippen molar-refractivity contribution in [2.75, 3.05) is 7.11 Å². The highest BCUT2D eigenvalue weighted by Crippen LogP contribution is 2.22. The molecule has 1 saturated carbocycles. The molecule has 1 N–H and O–H groups in total. The van der Waals surface area contributed by atoms with Crippen LogP contribution in [0.15, 0.2) is 18.2 Å². The Morgan fingerprint density at radius 2 is 1.90 bits per heavy atom. The number of benzene rings is 1. The summed E-state index contributed by atoms with van der Waals surface area (Å²) in [6.07, 6.45) is 5.03. The van der Waals surface area contributed by atoms with Crippen LogP contribution in [0.25, 0.3) is 0 Å². The summed E-state index contributed by atoms with van der Waals surface area (Å²) in [6, 6.07) is 4.31. The molecule has 0 radical (unpaired) electrons. The van der Waals surface area contributed by atoms with Crippen LogP contribution in [-0.4, -0.2) is 25.3 Å². The van der Waals surface area contributed by atoms with E-state index in [2.05, 4.69) is 5.32 Å². The van der Waals surface area contributed by atoms with E-state index in [0.29, 0.717) is 6.42 Å². The first kappa shape index (κ1) is 15.4. The number of hydrogen-bond acceptors (Lipinski definition) is 2. The molecular weight excluding hydrogens is 260 g/mol. The van der Waals surface area contributed by atoms with Gasteiger partial charge in [0.2, 0.25) is 0 Å². The summed E-state index contributed by atoms with van der Waals surface area (Å²) in [4.78, 5) is 0. The third-order valence-corrected chi connectivity index (χ3v) is 4.08. The van der Waals surface area contributed by atoms with Crippen molar-refractivity contribution in [3.8, 4) is 0 Å². The van der Waals surface area contributed by atoms with E-state index in [1.54, 1.807) is 7.11 Å². The molecule has 0 bridgehead atoms. The second-order valence-electron chi connectivity index (χ2n) is 5.64. The number of methoxy groups -OCH3 is 1. The second-order valence-corrected chi connectivity index (χ2v) is 5.64. The van der Waals surface area contributed by atoms with Crippen LogP contribution in [0.1, 0.15) is 38.2 Å². The Kier molecular flexibility index (Phi) is 5.49. The fourth-order valence-electron chi connectivity index (χ4n) is 3.03. The Morgan fingerprint density at radius 1 is 1.25 bits per heavy atom. The standard InChI is InChI=1S/C16H23F2NO/c1-11(10-12-13(17)6-5-7-14(12)18)19-15-8-3-4-9-16(15)20-2/h5-7,11,15-16,19H,3-4,8-10H2,1-2H3. The fourth-order valence-corrected chi connectivity index (χ4v) is 3.03.